The molecule has 0 aromatic heterocycles. The molecule has 2 fully saturated rings. The van der Waals surface area contributed by atoms with Gasteiger partial charge in [-0.2, -0.15) is 0 Å². The Kier molecular flexibility index (Phi) is 5.51. The number of rotatable bonds is 4. The molecular weight excluding hydrogens is 402 g/mol. The van der Waals surface area contributed by atoms with Gasteiger partial charge in [0.15, 0.2) is 0 Å². The Morgan fingerprint density at radius 3 is 2.41 bits per heavy atom. The van der Waals surface area contributed by atoms with Crippen LogP contribution in [-0.2, 0) is 16.9 Å². The second-order valence-electron chi connectivity index (χ2n) is 8.99. The molecule has 2 unspecified atom stereocenters. The summed E-state index contributed by atoms with van der Waals surface area (Å²) in [6.45, 7) is 0.261. The van der Waals surface area contributed by atoms with E-state index in [1.54, 1.807) is 7.11 Å². The van der Waals surface area contributed by atoms with Gasteiger partial charge < -0.3 is 19.5 Å². The van der Waals surface area contributed by atoms with E-state index in [1.165, 1.54) is 0 Å². The van der Waals surface area contributed by atoms with E-state index >= 15 is 0 Å². The van der Waals surface area contributed by atoms with Crippen molar-refractivity contribution in [3.63, 3.8) is 0 Å². The molecule has 2 aliphatic rings. The van der Waals surface area contributed by atoms with Gasteiger partial charge in [0.05, 0.1) is 12.7 Å². The van der Waals surface area contributed by atoms with Crippen molar-refractivity contribution in [2.75, 3.05) is 7.11 Å². The lowest BCUT2D eigenvalue weighted by molar-refractivity contribution is -0.0896. The number of benzene rings is 3. The molecule has 5 rings (SSSR count). The number of aliphatic hydroxyl groups is 1. The molecule has 5 nitrogen and oxygen atoms in total. The zero-order valence-corrected chi connectivity index (χ0v) is 18.4. The lowest BCUT2D eigenvalue weighted by atomic mass is 9.71. The van der Waals surface area contributed by atoms with E-state index in [0.29, 0.717) is 18.6 Å². The summed E-state index contributed by atoms with van der Waals surface area (Å²) in [7, 11) is 1.65. The van der Waals surface area contributed by atoms with Crippen molar-refractivity contribution in [3.05, 3.63) is 77.9 Å². The van der Waals surface area contributed by atoms with Gasteiger partial charge in [-0.3, -0.25) is 0 Å². The first kappa shape index (κ1) is 20.8. The summed E-state index contributed by atoms with van der Waals surface area (Å²) in [5.41, 5.74) is 0.755. The Balaban J connectivity index is 1.43. The minimum absolute atomic E-state index is 0.0561. The molecule has 5 heteroatoms. The number of amides is 1. The Bertz CT molecular complexity index is 1100. The van der Waals surface area contributed by atoms with E-state index in [-0.39, 0.29) is 24.8 Å². The number of nitrogens with zero attached hydrogens (tertiary/aromatic N) is 1. The highest BCUT2D eigenvalue weighted by molar-refractivity contribution is 5.88. The van der Waals surface area contributed by atoms with Crippen LogP contribution in [0.2, 0.25) is 0 Å². The van der Waals surface area contributed by atoms with Gasteiger partial charge in [0.2, 0.25) is 0 Å². The van der Waals surface area contributed by atoms with Crippen LogP contribution in [0.15, 0.2) is 66.7 Å². The molecule has 2 bridgehead atoms. The maximum Gasteiger partial charge on any atom is 0.410 e. The van der Waals surface area contributed by atoms with E-state index in [9.17, 15) is 9.90 Å². The topological polar surface area (TPSA) is 59.0 Å². The second kappa shape index (κ2) is 8.47. The van der Waals surface area contributed by atoms with Crippen molar-refractivity contribution in [2.45, 2.75) is 56.4 Å². The quantitative estimate of drug-likeness (QED) is 0.602. The number of carbonyl (C=O) groups is 1. The number of hydrogen-bond acceptors (Lipinski definition) is 4. The van der Waals surface area contributed by atoms with Crippen LogP contribution >= 0.6 is 0 Å². The van der Waals surface area contributed by atoms with Gasteiger partial charge in [0.25, 0.3) is 0 Å². The molecule has 2 atom stereocenters. The first-order valence-electron chi connectivity index (χ1n) is 11.4. The predicted octanol–water partition coefficient (Wildman–Crippen LogP) is 5.39. The summed E-state index contributed by atoms with van der Waals surface area (Å²) in [6.07, 6.45) is 3.47. The first-order chi connectivity index (χ1) is 15.6. The van der Waals surface area contributed by atoms with Gasteiger partial charge in [-0.1, -0.05) is 60.7 Å². The van der Waals surface area contributed by atoms with E-state index < -0.39 is 5.60 Å². The van der Waals surface area contributed by atoms with Gasteiger partial charge in [-0.15, -0.1) is 0 Å². The summed E-state index contributed by atoms with van der Waals surface area (Å²) >= 11 is 0. The fourth-order valence-corrected chi connectivity index (χ4v) is 5.63. The van der Waals surface area contributed by atoms with Gasteiger partial charge in [-0.25, -0.2) is 4.79 Å². The molecule has 0 saturated carbocycles. The zero-order valence-electron chi connectivity index (χ0n) is 18.4. The minimum atomic E-state index is -1.06. The molecule has 0 aliphatic carbocycles. The number of fused-ring (bicyclic) bond motifs is 3. The highest BCUT2D eigenvalue weighted by Gasteiger charge is 2.50. The lowest BCUT2D eigenvalue weighted by Gasteiger charge is -2.51. The monoisotopic (exact) mass is 431 g/mol. The van der Waals surface area contributed by atoms with E-state index in [1.807, 2.05) is 65.6 Å². The Morgan fingerprint density at radius 1 is 1.00 bits per heavy atom. The molecule has 166 valence electrons. The Labute approximate surface area is 188 Å². The van der Waals surface area contributed by atoms with Crippen LogP contribution in [0.1, 0.15) is 43.2 Å². The van der Waals surface area contributed by atoms with Crippen molar-refractivity contribution in [1.82, 2.24) is 4.90 Å². The third kappa shape index (κ3) is 3.71. The standard InChI is InChI=1S/C27H29NO4/c1-31-24-15-14-20-10-5-6-13-23(20)25(24)27(30)16-21-11-7-12-22(17-27)28(21)26(29)32-18-19-8-3-2-4-9-19/h2-6,8-10,13-15,21-22,30H,7,11-12,16-18H2,1H3. The van der Waals surface area contributed by atoms with Gasteiger partial charge in [-0.05, 0) is 41.7 Å². The smallest absolute Gasteiger partial charge is 0.410 e. The van der Waals surface area contributed by atoms with Crippen LogP contribution in [-0.4, -0.2) is 35.3 Å². The number of carbonyl (C=O) groups excluding carboxylic acids is 1. The molecule has 3 aromatic rings. The fourth-order valence-electron chi connectivity index (χ4n) is 5.63. The molecule has 2 aliphatic heterocycles. The molecule has 1 amide bonds. The summed E-state index contributed by atoms with van der Waals surface area (Å²) in [4.78, 5) is 15.0. The minimum Gasteiger partial charge on any atom is -0.496 e. The van der Waals surface area contributed by atoms with Gasteiger partial charge in [0, 0.05) is 30.5 Å². The van der Waals surface area contributed by atoms with E-state index in [0.717, 1.165) is 41.2 Å². The molecule has 2 saturated heterocycles. The average molecular weight is 432 g/mol. The van der Waals surface area contributed by atoms with Crippen LogP contribution < -0.4 is 4.74 Å². The largest absolute Gasteiger partial charge is 0.496 e. The van der Waals surface area contributed by atoms with Crippen LogP contribution in [0, 0.1) is 0 Å². The SMILES string of the molecule is COc1ccc2ccccc2c1C1(O)CC2CCCC(C1)N2C(=O)OCc1ccccc1. The molecule has 0 spiro atoms. The van der Waals surface area contributed by atoms with Crippen molar-refractivity contribution < 1.29 is 19.4 Å². The Morgan fingerprint density at radius 2 is 1.69 bits per heavy atom. The number of piperidine rings is 2. The van der Waals surface area contributed by atoms with Crippen LogP contribution in [0.5, 0.6) is 5.75 Å². The van der Waals surface area contributed by atoms with Crippen molar-refractivity contribution in [2.24, 2.45) is 0 Å². The fraction of sp³-hybridized carbons (Fsp3) is 0.370. The Hall–Kier alpha value is -3.05. The van der Waals surface area contributed by atoms with Crippen molar-refractivity contribution in [3.8, 4) is 5.75 Å². The zero-order chi connectivity index (χ0) is 22.1. The van der Waals surface area contributed by atoms with E-state index in [2.05, 4.69) is 6.07 Å². The third-order valence-corrected chi connectivity index (χ3v) is 7.00. The first-order valence-corrected chi connectivity index (χ1v) is 11.4. The molecule has 1 N–H and O–H groups in total. The maximum absolute atomic E-state index is 13.1. The molecule has 3 aromatic carbocycles. The molecule has 0 radical (unpaired) electrons. The predicted molar refractivity (Wildman–Crippen MR) is 124 cm³/mol. The number of ether oxygens (including phenoxy) is 2. The lowest BCUT2D eigenvalue weighted by Crippen LogP contribution is -2.59. The normalized spacial score (nSPS) is 24.9. The van der Waals surface area contributed by atoms with Crippen LogP contribution in [0.3, 0.4) is 0 Å². The van der Waals surface area contributed by atoms with E-state index in [4.69, 9.17) is 9.47 Å². The van der Waals surface area contributed by atoms with Crippen molar-refractivity contribution in [1.29, 1.82) is 0 Å². The molecule has 32 heavy (non-hydrogen) atoms. The highest BCUT2D eigenvalue weighted by atomic mass is 16.6. The van der Waals surface area contributed by atoms with Crippen LogP contribution in [0.25, 0.3) is 10.8 Å². The summed E-state index contributed by atoms with van der Waals surface area (Å²) in [6, 6.07) is 21.7. The number of methoxy groups -OCH3 is 1. The summed E-state index contributed by atoms with van der Waals surface area (Å²) in [5, 5.41) is 14.1. The summed E-state index contributed by atoms with van der Waals surface area (Å²) in [5.74, 6) is 0.698. The number of hydrogen-bond donors (Lipinski definition) is 1. The van der Waals surface area contributed by atoms with Crippen LogP contribution in [0.4, 0.5) is 4.79 Å². The average Bonchev–Trinajstić information content (AvgIpc) is 2.82. The highest BCUT2D eigenvalue weighted by Crippen LogP contribution is 2.49. The third-order valence-electron chi connectivity index (χ3n) is 7.00. The second-order valence-corrected chi connectivity index (χ2v) is 8.99. The maximum atomic E-state index is 13.1. The van der Waals surface area contributed by atoms with Gasteiger partial charge in [0.1, 0.15) is 12.4 Å². The van der Waals surface area contributed by atoms with Crippen molar-refractivity contribution >= 4 is 16.9 Å². The van der Waals surface area contributed by atoms with Gasteiger partial charge >= 0.3 is 6.09 Å². The molecule has 2 heterocycles. The summed E-state index contributed by atoms with van der Waals surface area (Å²) < 4.78 is 11.4. The molecular formula is C27H29NO4.